The number of nitrogens with zero attached hydrogens (tertiary/aromatic N) is 1. The predicted octanol–water partition coefficient (Wildman–Crippen LogP) is 3.95. The Morgan fingerprint density at radius 1 is 1.11 bits per heavy atom. The molecular formula is C15H11Br2NO. The third kappa shape index (κ3) is 1.29. The third-order valence-electron chi connectivity index (χ3n) is 4.39. The molecule has 0 bridgehead atoms. The molecule has 1 fully saturated rings. The first-order chi connectivity index (χ1) is 9.09. The maximum Gasteiger partial charge on any atom is 0.190 e. The van der Waals surface area contributed by atoms with Gasteiger partial charge in [-0.05, 0) is 17.7 Å². The van der Waals surface area contributed by atoms with E-state index in [9.17, 15) is 4.79 Å². The standard InChI is InChI=1S/C15H11Br2NO/c16-15(17)12(10-5-2-1-3-6-10)14(15)9-18-8-4-7-11(18)13(14)19/h1-8,12H,9H2/t12-,14+/m1/s1. The molecule has 4 heteroatoms. The molecule has 2 atom stereocenters. The number of Topliss-reactive ketones (excluding diaryl/α,β-unsaturated/α-hetero) is 1. The lowest BCUT2D eigenvalue weighted by Crippen LogP contribution is -2.18. The van der Waals surface area contributed by atoms with Crippen LogP contribution in [0.4, 0.5) is 0 Å². The van der Waals surface area contributed by atoms with Gasteiger partial charge in [-0.2, -0.15) is 0 Å². The highest BCUT2D eigenvalue weighted by molar-refractivity contribution is 9.25. The van der Waals surface area contributed by atoms with Crippen molar-refractivity contribution in [3.05, 3.63) is 59.9 Å². The van der Waals surface area contributed by atoms with Crippen LogP contribution in [0.15, 0.2) is 48.7 Å². The smallest absolute Gasteiger partial charge is 0.190 e. The number of hydrogen-bond acceptors (Lipinski definition) is 1. The van der Waals surface area contributed by atoms with Crippen molar-refractivity contribution in [2.45, 2.75) is 15.7 Å². The molecule has 0 saturated heterocycles. The number of benzene rings is 1. The molecule has 2 aliphatic rings. The van der Waals surface area contributed by atoms with E-state index in [2.05, 4.69) is 48.6 Å². The molecule has 1 aliphatic heterocycles. The van der Waals surface area contributed by atoms with Crippen LogP contribution in [0.5, 0.6) is 0 Å². The van der Waals surface area contributed by atoms with Gasteiger partial charge in [0, 0.05) is 18.7 Å². The zero-order valence-electron chi connectivity index (χ0n) is 10.0. The van der Waals surface area contributed by atoms with Gasteiger partial charge in [-0.25, -0.2) is 0 Å². The van der Waals surface area contributed by atoms with Gasteiger partial charge in [0.2, 0.25) is 0 Å². The number of fused-ring (bicyclic) bond motifs is 1. The zero-order valence-corrected chi connectivity index (χ0v) is 13.2. The van der Waals surface area contributed by atoms with E-state index in [4.69, 9.17) is 0 Å². The number of rotatable bonds is 1. The van der Waals surface area contributed by atoms with Crippen molar-refractivity contribution >= 4 is 37.6 Å². The van der Waals surface area contributed by atoms with Crippen molar-refractivity contribution in [3.8, 4) is 0 Å². The van der Waals surface area contributed by atoms with Gasteiger partial charge in [-0.3, -0.25) is 4.79 Å². The molecule has 1 aromatic heterocycles. The van der Waals surface area contributed by atoms with E-state index in [1.807, 2.05) is 36.5 Å². The first-order valence-electron chi connectivity index (χ1n) is 6.22. The normalized spacial score (nSPS) is 30.6. The molecule has 0 radical (unpaired) electrons. The summed E-state index contributed by atoms with van der Waals surface area (Å²) in [5.74, 6) is 0.411. The summed E-state index contributed by atoms with van der Waals surface area (Å²) < 4.78 is 1.73. The minimum atomic E-state index is -0.384. The second kappa shape index (κ2) is 3.61. The minimum absolute atomic E-state index is 0.175. The van der Waals surface area contributed by atoms with Crippen LogP contribution in [0, 0.1) is 5.41 Å². The lowest BCUT2D eigenvalue weighted by molar-refractivity contribution is 0.0914. The Labute approximate surface area is 128 Å². The average molecular weight is 381 g/mol. The maximum absolute atomic E-state index is 12.8. The van der Waals surface area contributed by atoms with Gasteiger partial charge in [-0.1, -0.05) is 62.2 Å². The third-order valence-corrected chi connectivity index (χ3v) is 6.72. The molecule has 96 valence electrons. The van der Waals surface area contributed by atoms with Gasteiger partial charge in [-0.15, -0.1) is 0 Å². The summed E-state index contributed by atoms with van der Waals surface area (Å²) in [7, 11) is 0. The molecule has 0 N–H and O–H groups in total. The van der Waals surface area contributed by atoms with Crippen molar-refractivity contribution in [3.63, 3.8) is 0 Å². The first-order valence-corrected chi connectivity index (χ1v) is 7.80. The molecular weight excluding hydrogens is 370 g/mol. The maximum atomic E-state index is 12.8. The fraction of sp³-hybridized carbons (Fsp3) is 0.267. The Kier molecular flexibility index (Phi) is 2.26. The highest BCUT2D eigenvalue weighted by Crippen LogP contribution is 2.78. The lowest BCUT2D eigenvalue weighted by atomic mass is 9.95. The summed E-state index contributed by atoms with van der Waals surface area (Å²) in [4.78, 5) is 12.8. The number of halogens is 2. The van der Waals surface area contributed by atoms with Crippen molar-refractivity contribution in [1.82, 2.24) is 4.57 Å². The molecule has 2 nitrogen and oxygen atoms in total. The minimum Gasteiger partial charge on any atom is -0.344 e. The largest absolute Gasteiger partial charge is 0.344 e. The van der Waals surface area contributed by atoms with Crippen LogP contribution in [-0.4, -0.2) is 13.6 Å². The average Bonchev–Trinajstić information content (AvgIpc) is 2.74. The summed E-state index contributed by atoms with van der Waals surface area (Å²) in [5, 5.41) is 0. The summed E-state index contributed by atoms with van der Waals surface area (Å²) >= 11 is 7.48. The molecule has 2 aromatic rings. The summed E-state index contributed by atoms with van der Waals surface area (Å²) in [6.45, 7) is 0.740. The number of aromatic nitrogens is 1. The summed E-state index contributed by atoms with van der Waals surface area (Å²) in [6, 6.07) is 14.1. The molecule has 0 amide bonds. The van der Waals surface area contributed by atoms with Crippen LogP contribution in [0.2, 0.25) is 0 Å². The monoisotopic (exact) mass is 379 g/mol. The molecule has 0 unspecified atom stereocenters. The van der Waals surface area contributed by atoms with E-state index < -0.39 is 0 Å². The van der Waals surface area contributed by atoms with E-state index in [1.54, 1.807) is 0 Å². The fourth-order valence-electron chi connectivity index (χ4n) is 3.40. The van der Waals surface area contributed by atoms with Gasteiger partial charge in [0.25, 0.3) is 0 Å². The summed E-state index contributed by atoms with van der Waals surface area (Å²) in [5.41, 5.74) is 1.64. The lowest BCUT2D eigenvalue weighted by Gasteiger charge is -2.07. The van der Waals surface area contributed by atoms with Gasteiger partial charge in [0.1, 0.15) is 3.23 Å². The van der Waals surface area contributed by atoms with Crippen LogP contribution in [-0.2, 0) is 6.54 Å². The van der Waals surface area contributed by atoms with Crippen molar-refractivity contribution in [1.29, 1.82) is 0 Å². The second-order valence-corrected chi connectivity index (χ2v) is 8.85. The van der Waals surface area contributed by atoms with Gasteiger partial charge in [0.15, 0.2) is 5.78 Å². The quantitative estimate of drug-likeness (QED) is 0.686. The van der Waals surface area contributed by atoms with Crippen LogP contribution >= 0.6 is 31.9 Å². The number of carbonyl (C=O) groups excluding carboxylic acids is 1. The van der Waals surface area contributed by atoms with E-state index in [1.165, 1.54) is 5.56 Å². The van der Waals surface area contributed by atoms with Gasteiger partial charge < -0.3 is 4.57 Å². The van der Waals surface area contributed by atoms with Crippen molar-refractivity contribution in [2.75, 3.05) is 0 Å². The van der Waals surface area contributed by atoms with Crippen LogP contribution in [0.1, 0.15) is 22.0 Å². The molecule has 1 aliphatic carbocycles. The van der Waals surface area contributed by atoms with Crippen molar-refractivity contribution < 1.29 is 4.79 Å². The van der Waals surface area contributed by atoms with E-state index >= 15 is 0 Å². The zero-order chi connectivity index (χ0) is 13.3. The molecule has 4 rings (SSSR count). The van der Waals surface area contributed by atoms with E-state index in [0.29, 0.717) is 0 Å². The summed E-state index contributed by atoms with van der Waals surface area (Å²) in [6.07, 6.45) is 1.98. The molecule has 19 heavy (non-hydrogen) atoms. The SMILES string of the molecule is O=C1c2cccn2C[C@]12[C@@H](c1ccccc1)C2(Br)Br. The number of ketones is 1. The Hall–Kier alpha value is -0.870. The molecule has 1 aromatic carbocycles. The van der Waals surface area contributed by atoms with Gasteiger partial charge in [0.05, 0.1) is 11.1 Å². The van der Waals surface area contributed by atoms with Crippen molar-refractivity contribution in [2.24, 2.45) is 5.41 Å². The van der Waals surface area contributed by atoms with E-state index in [-0.39, 0.29) is 20.3 Å². The van der Waals surface area contributed by atoms with Crippen LogP contribution in [0.25, 0.3) is 0 Å². The molecule has 2 heterocycles. The van der Waals surface area contributed by atoms with Gasteiger partial charge >= 0.3 is 0 Å². The number of hydrogen-bond donors (Lipinski definition) is 0. The highest BCUT2D eigenvalue weighted by Gasteiger charge is 2.80. The Bertz CT molecular complexity index is 676. The van der Waals surface area contributed by atoms with E-state index in [0.717, 1.165) is 12.2 Å². The van der Waals surface area contributed by atoms with Crippen LogP contribution < -0.4 is 0 Å². The fourth-order valence-corrected chi connectivity index (χ4v) is 5.55. The highest BCUT2D eigenvalue weighted by atomic mass is 79.9. The molecule has 1 spiro atoms. The first kappa shape index (κ1) is 11.9. The predicted molar refractivity (Wildman–Crippen MR) is 81.0 cm³/mol. The number of alkyl halides is 2. The Balaban J connectivity index is 1.82. The van der Waals surface area contributed by atoms with Crippen LogP contribution in [0.3, 0.4) is 0 Å². The molecule has 1 saturated carbocycles. The number of carbonyl (C=O) groups is 1. The Morgan fingerprint density at radius 3 is 2.53 bits per heavy atom. The topological polar surface area (TPSA) is 22.0 Å². The second-order valence-electron chi connectivity index (χ2n) is 5.29. The Morgan fingerprint density at radius 2 is 1.84 bits per heavy atom.